The van der Waals surface area contributed by atoms with E-state index in [4.69, 9.17) is 4.42 Å². The van der Waals surface area contributed by atoms with E-state index in [1.807, 2.05) is 11.3 Å². The molecule has 0 saturated carbocycles. The highest BCUT2D eigenvalue weighted by Gasteiger charge is 2.25. The molecule has 12 aromatic rings. The molecule has 51 heavy (non-hydrogen) atoms. The van der Waals surface area contributed by atoms with Crippen LogP contribution in [0.2, 0.25) is 0 Å². The number of para-hydroxylation sites is 2. The Kier molecular flexibility index (Phi) is 5.41. The zero-order chi connectivity index (χ0) is 33.2. The second-order valence-electron chi connectivity index (χ2n) is 13.6. The monoisotopic (exact) mass is 665 g/mol. The first-order valence-electron chi connectivity index (χ1n) is 17.4. The van der Waals surface area contributed by atoms with Gasteiger partial charge in [-0.1, -0.05) is 127 Å². The molecule has 0 aliphatic heterocycles. The Labute approximate surface area is 296 Å². The molecule has 0 unspecified atom stereocenters. The van der Waals surface area contributed by atoms with Gasteiger partial charge in [-0.05, 0) is 69.1 Å². The van der Waals surface area contributed by atoms with Crippen LogP contribution in [-0.4, -0.2) is 4.57 Å². The van der Waals surface area contributed by atoms with Crippen molar-refractivity contribution in [2.75, 3.05) is 0 Å². The molecule has 0 radical (unpaired) electrons. The predicted octanol–water partition coefficient (Wildman–Crippen LogP) is 14.2. The zero-order valence-electron chi connectivity index (χ0n) is 27.4. The summed E-state index contributed by atoms with van der Waals surface area (Å²) in [5.74, 6) is 0. The van der Waals surface area contributed by atoms with Gasteiger partial charge in [0.05, 0.1) is 11.0 Å². The van der Waals surface area contributed by atoms with E-state index in [0.29, 0.717) is 0 Å². The van der Waals surface area contributed by atoms with E-state index in [1.165, 1.54) is 85.3 Å². The Hall–Kier alpha value is -6.42. The van der Waals surface area contributed by atoms with Crippen molar-refractivity contribution in [1.29, 1.82) is 0 Å². The molecule has 0 saturated heterocycles. The number of thiophene rings is 1. The largest absolute Gasteiger partial charge is 0.454 e. The summed E-state index contributed by atoms with van der Waals surface area (Å²) in [6, 6.07) is 59.8. The Bertz CT molecular complexity index is 3410. The number of furan rings is 1. The van der Waals surface area contributed by atoms with Crippen molar-refractivity contribution in [3.8, 4) is 16.8 Å². The molecule has 3 heterocycles. The van der Waals surface area contributed by atoms with E-state index in [2.05, 4.69) is 168 Å². The lowest BCUT2D eigenvalue weighted by molar-refractivity contribution is 0.671. The Morgan fingerprint density at radius 1 is 0.392 bits per heavy atom. The Balaban J connectivity index is 1.20. The Morgan fingerprint density at radius 3 is 1.73 bits per heavy atom. The van der Waals surface area contributed by atoms with Crippen LogP contribution in [0.3, 0.4) is 0 Å². The van der Waals surface area contributed by atoms with E-state index in [0.717, 1.165) is 27.8 Å². The SMILES string of the molecule is c1ccc2c(c1)oc1c2c2c3ccccc3c3ccccc3c2c2c3ccccc3n(-c3ccc(-c4ccc5c(c4)sc4ccccc45)cc3)c12. The molecule has 3 heteroatoms. The minimum Gasteiger partial charge on any atom is -0.454 e. The van der Waals surface area contributed by atoms with Crippen molar-refractivity contribution < 1.29 is 4.42 Å². The van der Waals surface area contributed by atoms with Gasteiger partial charge < -0.3 is 8.98 Å². The Morgan fingerprint density at radius 2 is 0.961 bits per heavy atom. The molecule has 236 valence electrons. The summed E-state index contributed by atoms with van der Waals surface area (Å²) >= 11 is 1.86. The number of aromatic nitrogens is 1. The third-order valence-electron chi connectivity index (χ3n) is 11.0. The summed E-state index contributed by atoms with van der Waals surface area (Å²) in [6.07, 6.45) is 0. The highest BCUT2D eigenvalue weighted by Crippen LogP contribution is 2.50. The van der Waals surface area contributed by atoms with Crippen LogP contribution < -0.4 is 0 Å². The van der Waals surface area contributed by atoms with Crippen LogP contribution in [0.1, 0.15) is 0 Å². The summed E-state index contributed by atoms with van der Waals surface area (Å²) in [5.41, 5.74) is 7.65. The predicted molar refractivity (Wildman–Crippen MR) is 219 cm³/mol. The normalized spacial score (nSPS) is 12.3. The van der Waals surface area contributed by atoms with Gasteiger partial charge in [-0.2, -0.15) is 0 Å². The lowest BCUT2D eigenvalue weighted by atomic mass is 9.89. The van der Waals surface area contributed by atoms with E-state index >= 15 is 0 Å². The molecule has 2 nitrogen and oxygen atoms in total. The van der Waals surface area contributed by atoms with Gasteiger partial charge in [0.2, 0.25) is 0 Å². The first kappa shape index (κ1) is 27.4. The van der Waals surface area contributed by atoms with Crippen LogP contribution in [0.25, 0.3) is 113 Å². The maximum atomic E-state index is 6.97. The highest BCUT2D eigenvalue weighted by molar-refractivity contribution is 7.25. The quantitative estimate of drug-likeness (QED) is 0.168. The van der Waals surface area contributed by atoms with Gasteiger partial charge in [-0.15, -0.1) is 11.3 Å². The van der Waals surface area contributed by atoms with E-state index in [9.17, 15) is 0 Å². The summed E-state index contributed by atoms with van der Waals surface area (Å²) in [4.78, 5) is 0. The van der Waals surface area contributed by atoms with Gasteiger partial charge >= 0.3 is 0 Å². The van der Waals surface area contributed by atoms with Gasteiger partial charge in [0.15, 0.2) is 5.58 Å². The number of nitrogens with zero attached hydrogens (tertiary/aromatic N) is 1. The number of hydrogen-bond acceptors (Lipinski definition) is 2. The lowest BCUT2D eigenvalue weighted by Gasteiger charge is -2.14. The van der Waals surface area contributed by atoms with Gasteiger partial charge in [0.25, 0.3) is 0 Å². The van der Waals surface area contributed by atoms with Crippen molar-refractivity contribution in [2.45, 2.75) is 0 Å². The zero-order valence-corrected chi connectivity index (χ0v) is 28.2. The molecule has 0 aliphatic rings. The third-order valence-corrected chi connectivity index (χ3v) is 12.1. The maximum Gasteiger partial charge on any atom is 0.160 e. The number of rotatable bonds is 2. The van der Waals surface area contributed by atoms with Gasteiger partial charge in [-0.3, -0.25) is 0 Å². The smallest absolute Gasteiger partial charge is 0.160 e. The second-order valence-corrected chi connectivity index (χ2v) is 14.7. The minimum absolute atomic E-state index is 0.905. The minimum atomic E-state index is 0.905. The second kappa shape index (κ2) is 10.1. The van der Waals surface area contributed by atoms with Crippen LogP contribution in [0.5, 0.6) is 0 Å². The molecule has 0 spiro atoms. The highest BCUT2D eigenvalue weighted by atomic mass is 32.1. The topological polar surface area (TPSA) is 18.1 Å². The molecule has 0 atom stereocenters. The molecule has 0 N–H and O–H groups in total. The number of benzene rings is 9. The van der Waals surface area contributed by atoms with Crippen LogP contribution in [0, 0.1) is 0 Å². The van der Waals surface area contributed by atoms with E-state index in [-0.39, 0.29) is 0 Å². The van der Waals surface area contributed by atoms with Gasteiger partial charge in [-0.25, -0.2) is 0 Å². The van der Waals surface area contributed by atoms with E-state index in [1.54, 1.807) is 0 Å². The fraction of sp³-hybridized carbons (Fsp3) is 0. The van der Waals surface area contributed by atoms with Crippen LogP contribution in [0.15, 0.2) is 168 Å². The molecule has 0 fully saturated rings. The molecular formula is C48H27NOS. The molecule has 9 aromatic carbocycles. The summed E-state index contributed by atoms with van der Waals surface area (Å²) in [5, 5.41) is 15.0. The fourth-order valence-corrected chi connectivity index (χ4v) is 9.95. The van der Waals surface area contributed by atoms with Gasteiger partial charge in [0.1, 0.15) is 5.58 Å². The molecule has 0 amide bonds. The van der Waals surface area contributed by atoms with Crippen molar-refractivity contribution >= 4 is 108 Å². The van der Waals surface area contributed by atoms with Crippen LogP contribution >= 0.6 is 11.3 Å². The number of fused-ring (bicyclic) bond motifs is 18. The van der Waals surface area contributed by atoms with Crippen molar-refractivity contribution in [1.82, 2.24) is 4.57 Å². The molecule has 3 aromatic heterocycles. The maximum absolute atomic E-state index is 6.97. The van der Waals surface area contributed by atoms with Crippen molar-refractivity contribution in [2.24, 2.45) is 0 Å². The first-order chi connectivity index (χ1) is 25.3. The molecular weight excluding hydrogens is 639 g/mol. The standard InChI is InChI=1S/C48H27NOS/c1-3-14-35-31(11-1)32-12-2-4-15-36(32)44-43(35)45-37-16-5-8-18-39(37)49(47(45)48-46(44)38-17-6-9-19-40(38)50-48)30-24-21-28(22-25-30)29-23-26-34-33-13-7-10-20-41(33)51-42(34)27-29/h1-27H. The average Bonchev–Trinajstić information content (AvgIpc) is 3.87. The van der Waals surface area contributed by atoms with Crippen LogP contribution in [0.4, 0.5) is 0 Å². The number of hydrogen-bond donors (Lipinski definition) is 0. The molecule has 12 rings (SSSR count). The molecule has 0 bridgehead atoms. The average molecular weight is 666 g/mol. The first-order valence-corrected chi connectivity index (χ1v) is 18.2. The van der Waals surface area contributed by atoms with Gasteiger partial charge in [0, 0.05) is 58.2 Å². The van der Waals surface area contributed by atoms with E-state index < -0.39 is 0 Å². The van der Waals surface area contributed by atoms with Crippen molar-refractivity contribution in [3.63, 3.8) is 0 Å². The summed E-state index contributed by atoms with van der Waals surface area (Å²) < 4.78 is 12.0. The fourth-order valence-electron chi connectivity index (χ4n) is 8.81. The lowest BCUT2D eigenvalue weighted by Crippen LogP contribution is -1.95. The summed E-state index contributed by atoms with van der Waals surface area (Å²) in [7, 11) is 0. The molecule has 0 aliphatic carbocycles. The van der Waals surface area contributed by atoms with Crippen molar-refractivity contribution in [3.05, 3.63) is 164 Å². The third kappa shape index (κ3) is 3.65. The van der Waals surface area contributed by atoms with Crippen LogP contribution in [-0.2, 0) is 0 Å². The summed E-state index contributed by atoms with van der Waals surface area (Å²) in [6.45, 7) is 0.